The fourth-order valence-electron chi connectivity index (χ4n) is 2.08. The number of hydrogen-bond donors (Lipinski definition) is 2. The molecule has 7 heteroatoms. The van der Waals surface area contributed by atoms with Gasteiger partial charge in [0.2, 0.25) is 0 Å². The molecule has 0 saturated carbocycles. The summed E-state index contributed by atoms with van der Waals surface area (Å²) in [5.74, 6) is -1.89. The molecular weight excluding hydrogens is 238 g/mol. The monoisotopic (exact) mass is 251 g/mol. The first-order valence-corrected chi connectivity index (χ1v) is 5.56. The third-order valence-corrected chi connectivity index (χ3v) is 3.11. The largest absolute Gasteiger partial charge is 0.481 e. The van der Waals surface area contributed by atoms with Crippen molar-refractivity contribution in [1.82, 2.24) is 14.9 Å². The van der Waals surface area contributed by atoms with Crippen LogP contribution in [0.5, 0.6) is 0 Å². The quantitative estimate of drug-likeness (QED) is 0.741. The molecule has 1 amide bonds. The van der Waals surface area contributed by atoms with Gasteiger partial charge in [-0.25, -0.2) is 4.98 Å². The second-order valence-corrected chi connectivity index (χ2v) is 4.43. The van der Waals surface area contributed by atoms with E-state index in [1.807, 2.05) is 0 Å². The summed E-state index contributed by atoms with van der Waals surface area (Å²) < 4.78 is 0. The maximum Gasteiger partial charge on any atom is 0.308 e. The van der Waals surface area contributed by atoms with Gasteiger partial charge in [0.05, 0.1) is 12.1 Å². The third kappa shape index (κ3) is 2.24. The predicted molar refractivity (Wildman–Crippen MR) is 61.1 cm³/mol. The molecule has 0 spiro atoms. The number of hydrogen-bond acceptors (Lipinski definition) is 4. The summed E-state index contributed by atoms with van der Waals surface area (Å²) in [5, 5.41) is 8.99. The Morgan fingerprint density at radius 3 is 2.72 bits per heavy atom. The number of rotatable bonds is 2. The molecule has 2 rings (SSSR count). The second-order valence-electron chi connectivity index (χ2n) is 4.43. The number of aliphatic carboxylic acids is 1. The van der Waals surface area contributed by atoms with E-state index in [0.29, 0.717) is 6.54 Å². The maximum atomic E-state index is 12.0. The van der Waals surface area contributed by atoms with Crippen LogP contribution < -0.4 is 5.56 Å². The van der Waals surface area contributed by atoms with Crippen LogP contribution in [0.4, 0.5) is 0 Å². The van der Waals surface area contributed by atoms with Crippen LogP contribution in [-0.4, -0.2) is 44.9 Å². The number of aromatic amines is 1. The highest BCUT2D eigenvalue weighted by atomic mass is 16.4. The van der Waals surface area contributed by atoms with Crippen molar-refractivity contribution in [3.05, 3.63) is 28.4 Å². The van der Waals surface area contributed by atoms with E-state index in [1.165, 1.54) is 11.1 Å². The van der Waals surface area contributed by atoms with Crippen LogP contribution in [0.3, 0.4) is 0 Å². The van der Waals surface area contributed by atoms with Crippen LogP contribution in [0.25, 0.3) is 0 Å². The van der Waals surface area contributed by atoms with Gasteiger partial charge in [-0.1, -0.05) is 6.92 Å². The zero-order valence-electron chi connectivity index (χ0n) is 9.79. The number of H-pyrrole nitrogens is 1. The molecule has 0 aromatic carbocycles. The molecule has 1 saturated heterocycles. The molecule has 2 unspecified atom stereocenters. The summed E-state index contributed by atoms with van der Waals surface area (Å²) in [5.41, 5.74) is -0.266. The normalized spacial score (nSPS) is 23.1. The molecule has 1 aliphatic rings. The number of carboxylic acid groups (broad SMARTS) is 1. The first kappa shape index (κ1) is 12.3. The minimum atomic E-state index is -0.896. The van der Waals surface area contributed by atoms with Gasteiger partial charge in [0.1, 0.15) is 5.69 Å². The lowest BCUT2D eigenvalue weighted by Crippen LogP contribution is -2.31. The molecule has 1 aromatic heterocycles. The lowest BCUT2D eigenvalue weighted by molar-refractivity contribution is -0.142. The van der Waals surface area contributed by atoms with Gasteiger partial charge >= 0.3 is 5.97 Å². The minimum Gasteiger partial charge on any atom is -0.481 e. The standard InChI is InChI=1S/C11H13N3O4/c1-6-4-14(5-7(6)11(17)18)10(16)8-2-13-9(15)3-12-8/h2-3,6-7H,4-5H2,1H3,(H,13,15)(H,17,18). The maximum absolute atomic E-state index is 12.0. The van der Waals surface area contributed by atoms with E-state index in [4.69, 9.17) is 5.11 Å². The van der Waals surface area contributed by atoms with Crippen molar-refractivity contribution in [2.24, 2.45) is 11.8 Å². The molecule has 0 bridgehead atoms. The summed E-state index contributed by atoms with van der Waals surface area (Å²) in [6.07, 6.45) is 2.27. The highest BCUT2D eigenvalue weighted by Gasteiger charge is 2.37. The SMILES string of the molecule is CC1CN(C(=O)c2c[nH]c(=O)cn2)CC1C(=O)O. The van der Waals surface area contributed by atoms with Crippen molar-refractivity contribution in [2.45, 2.75) is 6.92 Å². The van der Waals surface area contributed by atoms with Crippen LogP contribution in [0.1, 0.15) is 17.4 Å². The average molecular weight is 251 g/mol. The topological polar surface area (TPSA) is 103 Å². The van der Waals surface area contributed by atoms with Crippen molar-refractivity contribution in [2.75, 3.05) is 13.1 Å². The summed E-state index contributed by atoms with van der Waals surface area (Å²) in [6.45, 7) is 2.36. The Morgan fingerprint density at radius 1 is 1.50 bits per heavy atom. The Kier molecular flexibility index (Phi) is 3.14. The highest BCUT2D eigenvalue weighted by molar-refractivity contribution is 5.92. The molecule has 0 radical (unpaired) electrons. The van der Waals surface area contributed by atoms with Gasteiger partial charge in [0, 0.05) is 19.3 Å². The molecule has 1 aliphatic heterocycles. The number of carbonyl (C=O) groups excluding carboxylic acids is 1. The van der Waals surface area contributed by atoms with Crippen LogP contribution in [0, 0.1) is 11.8 Å². The van der Waals surface area contributed by atoms with E-state index < -0.39 is 11.9 Å². The van der Waals surface area contributed by atoms with E-state index in [2.05, 4.69) is 9.97 Å². The number of carbonyl (C=O) groups is 2. The molecule has 2 atom stereocenters. The van der Waals surface area contributed by atoms with Crippen molar-refractivity contribution < 1.29 is 14.7 Å². The zero-order valence-corrected chi connectivity index (χ0v) is 9.79. The van der Waals surface area contributed by atoms with E-state index in [-0.39, 0.29) is 29.6 Å². The van der Waals surface area contributed by atoms with E-state index in [1.54, 1.807) is 6.92 Å². The Hall–Kier alpha value is -2.18. The highest BCUT2D eigenvalue weighted by Crippen LogP contribution is 2.24. The van der Waals surface area contributed by atoms with Crippen molar-refractivity contribution in [3.8, 4) is 0 Å². The van der Waals surface area contributed by atoms with E-state index >= 15 is 0 Å². The summed E-state index contributed by atoms with van der Waals surface area (Å²) >= 11 is 0. The molecule has 1 fully saturated rings. The molecular formula is C11H13N3O4. The molecule has 0 aliphatic carbocycles. The lowest BCUT2D eigenvalue weighted by atomic mass is 9.99. The summed E-state index contributed by atoms with van der Waals surface area (Å²) in [6, 6.07) is 0. The van der Waals surface area contributed by atoms with E-state index in [0.717, 1.165) is 6.20 Å². The number of likely N-dealkylation sites (tertiary alicyclic amines) is 1. The molecule has 1 aromatic rings. The fraction of sp³-hybridized carbons (Fsp3) is 0.455. The second kappa shape index (κ2) is 4.59. The first-order chi connectivity index (χ1) is 8.49. The molecule has 2 heterocycles. The first-order valence-electron chi connectivity index (χ1n) is 5.56. The van der Waals surface area contributed by atoms with Gasteiger partial charge in [-0.2, -0.15) is 0 Å². The van der Waals surface area contributed by atoms with Gasteiger partial charge in [0.15, 0.2) is 0 Å². The molecule has 18 heavy (non-hydrogen) atoms. The van der Waals surface area contributed by atoms with E-state index in [9.17, 15) is 14.4 Å². The van der Waals surface area contributed by atoms with Crippen molar-refractivity contribution in [1.29, 1.82) is 0 Å². The average Bonchev–Trinajstić information content (AvgIpc) is 2.71. The van der Waals surface area contributed by atoms with Crippen molar-refractivity contribution >= 4 is 11.9 Å². The Morgan fingerprint density at radius 2 is 2.22 bits per heavy atom. The number of amides is 1. The molecule has 2 N–H and O–H groups in total. The number of nitrogens with zero attached hydrogens (tertiary/aromatic N) is 2. The Bertz CT molecular complexity index is 519. The van der Waals surface area contributed by atoms with Gasteiger partial charge in [-0.3, -0.25) is 14.4 Å². The van der Waals surface area contributed by atoms with Gasteiger partial charge in [0.25, 0.3) is 11.5 Å². The van der Waals surface area contributed by atoms with Gasteiger partial charge < -0.3 is 15.0 Å². The number of aromatic nitrogens is 2. The number of carboxylic acids is 1. The third-order valence-electron chi connectivity index (χ3n) is 3.11. The Labute approximate surface area is 102 Å². The summed E-state index contributed by atoms with van der Waals surface area (Å²) in [7, 11) is 0. The zero-order chi connectivity index (χ0) is 13.3. The van der Waals surface area contributed by atoms with Crippen LogP contribution in [0.2, 0.25) is 0 Å². The molecule has 96 valence electrons. The van der Waals surface area contributed by atoms with Crippen LogP contribution in [-0.2, 0) is 4.79 Å². The van der Waals surface area contributed by atoms with Gasteiger partial charge in [-0.15, -0.1) is 0 Å². The predicted octanol–water partition coefficient (Wildman–Crippen LogP) is -0.437. The lowest BCUT2D eigenvalue weighted by Gasteiger charge is -2.14. The van der Waals surface area contributed by atoms with Crippen LogP contribution in [0.15, 0.2) is 17.2 Å². The van der Waals surface area contributed by atoms with Crippen molar-refractivity contribution in [3.63, 3.8) is 0 Å². The number of nitrogens with one attached hydrogen (secondary N) is 1. The Balaban J connectivity index is 2.14. The van der Waals surface area contributed by atoms with Gasteiger partial charge in [-0.05, 0) is 5.92 Å². The fourth-order valence-corrected chi connectivity index (χ4v) is 2.08. The minimum absolute atomic E-state index is 0.0887. The summed E-state index contributed by atoms with van der Waals surface area (Å²) in [4.78, 5) is 41.4. The van der Waals surface area contributed by atoms with Crippen LogP contribution >= 0.6 is 0 Å². The molecule has 7 nitrogen and oxygen atoms in total. The smallest absolute Gasteiger partial charge is 0.308 e.